The highest BCUT2D eigenvalue weighted by atomic mass is 79.9. The van der Waals surface area contributed by atoms with E-state index in [1.165, 1.54) is 11.6 Å². The predicted octanol–water partition coefficient (Wildman–Crippen LogP) is 5.13. The maximum absolute atomic E-state index is 14.2. The topological polar surface area (TPSA) is 6.48 Å². The monoisotopic (exact) mass is 366 g/mol. The van der Waals surface area contributed by atoms with Crippen LogP contribution in [-0.4, -0.2) is 16.2 Å². The summed E-state index contributed by atoms with van der Waals surface area (Å²) in [5, 5.41) is 0.978. The summed E-state index contributed by atoms with van der Waals surface area (Å²) in [6, 6.07) is 15.1. The van der Waals surface area contributed by atoms with E-state index in [2.05, 4.69) is 32.4 Å². The fourth-order valence-corrected chi connectivity index (χ4v) is 3.76. The molecule has 0 fully saturated rings. The average molecular weight is 367 g/mol. The van der Waals surface area contributed by atoms with Crippen molar-refractivity contribution in [2.45, 2.75) is 13.0 Å². The van der Waals surface area contributed by atoms with Gasteiger partial charge in [0.1, 0.15) is 5.82 Å². The number of para-hydroxylation sites is 2. The van der Waals surface area contributed by atoms with E-state index in [-0.39, 0.29) is 5.82 Å². The molecule has 0 amide bonds. The standard InChI is InChI=1S/C16H16BrFN2S/c17-10-5-11-19-12-13-6-1-3-8-15(13)20(21-19)16-9-4-2-7-14(16)18/h1-4,6-9H,5,10-12H2. The summed E-state index contributed by atoms with van der Waals surface area (Å²) < 4.78 is 18.4. The molecule has 3 rings (SSSR count). The molecule has 0 spiro atoms. The Morgan fingerprint density at radius 3 is 2.52 bits per heavy atom. The summed E-state index contributed by atoms with van der Waals surface area (Å²) in [6.45, 7) is 1.86. The molecule has 2 aromatic carbocycles. The van der Waals surface area contributed by atoms with Crippen molar-refractivity contribution in [2.75, 3.05) is 16.2 Å². The molecule has 2 nitrogen and oxygen atoms in total. The minimum absolute atomic E-state index is 0.192. The maximum Gasteiger partial charge on any atom is 0.147 e. The second-order valence-electron chi connectivity index (χ2n) is 4.86. The molecule has 0 saturated heterocycles. The highest BCUT2D eigenvalue weighted by Gasteiger charge is 2.25. The normalized spacial score (nSPS) is 15.0. The molecule has 0 bridgehead atoms. The SMILES string of the molecule is Fc1ccccc1N1SN(CCCBr)Cc2ccccc21. The first-order valence-corrected chi connectivity index (χ1v) is 8.76. The quantitative estimate of drug-likeness (QED) is 0.547. The van der Waals surface area contributed by atoms with E-state index in [0.29, 0.717) is 5.69 Å². The molecule has 1 heterocycles. The predicted molar refractivity (Wildman–Crippen MR) is 91.4 cm³/mol. The minimum Gasteiger partial charge on any atom is -0.268 e. The van der Waals surface area contributed by atoms with Gasteiger partial charge in [-0.1, -0.05) is 46.3 Å². The third kappa shape index (κ3) is 3.25. The lowest BCUT2D eigenvalue weighted by Gasteiger charge is -2.36. The number of alkyl halides is 1. The first-order valence-electron chi connectivity index (χ1n) is 6.91. The Morgan fingerprint density at radius 2 is 1.76 bits per heavy atom. The third-order valence-corrected chi connectivity index (χ3v) is 5.03. The molecule has 2 aromatic rings. The second kappa shape index (κ2) is 6.81. The van der Waals surface area contributed by atoms with Crippen LogP contribution in [0.2, 0.25) is 0 Å². The van der Waals surface area contributed by atoms with Gasteiger partial charge in [-0.3, -0.25) is 4.31 Å². The van der Waals surface area contributed by atoms with Crippen molar-refractivity contribution in [1.82, 2.24) is 4.31 Å². The minimum atomic E-state index is -0.192. The number of anilines is 2. The maximum atomic E-state index is 14.2. The summed E-state index contributed by atoms with van der Waals surface area (Å²) in [5.74, 6) is -0.192. The van der Waals surface area contributed by atoms with E-state index in [9.17, 15) is 4.39 Å². The zero-order chi connectivity index (χ0) is 14.7. The highest BCUT2D eigenvalue weighted by molar-refractivity contribution is 9.09. The van der Waals surface area contributed by atoms with Gasteiger partial charge < -0.3 is 0 Å². The zero-order valence-electron chi connectivity index (χ0n) is 11.5. The van der Waals surface area contributed by atoms with Gasteiger partial charge in [0.25, 0.3) is 0 Å². The lowest BCUT2D eigenvalue weighted by molar-refractivity contribution is 0.462. The molecule has 0 saturated carbocycles. The lowest BCUT2D eigenvalue weighted by Crippen LogP contribution is -2.29. The van der Waals surface area contributed by atoms with Crippen LogP contribution in [0, 0.1) is 5.82 Å². The molecule has 0 N–H and O–H groups in total. The van der Waals surface area contributed by atoms with Crippen molar-refractivity contribution >= 4 is 39.4 Å². The van der Waals surface area contributed by atoms with E-state index in [1.807, 2.05) is 28.6 Å². The fraction of sp³-hybridized carbons (Fsp3) is 0.250. The van der Waals surface area contributed by atoms with Crippen LogP contribution in [-0.2, 0) is 6.54 Å². The van der Waals surface area contributed by atoms with Gasteiger partial charge >= 0.3 is 0 Å². The van der Waals surface area contributed by atoms with Crippen molar-refractivity contribution < 1.29 is 4.39 Å². The molecule has 0 unspecified atom stereocenters. The summed E-state index contributed by atoms with van der Waals surface area (Å²) in [4.78, 5) is 0. The molecule has 21 heavy (non-hydrogen) atoms. The van der Waals surface area contributed by atoms with Gasteiger partial charge in [0.05, 0.1) is 11.4 Å². The number of benzene rings is 2. The summed E-state index contributed by atoms with van der Waals surface area (Å²) in [5.41, 5.74) is 2.91. The lowest BCUT2D eigenvalue weighted by atomic mass is 10.1. The Morgan fingerprint density at radius 1 is 1.05 bits per heavy atom. The van der Waals surface area contributed by atoms with Crippen LogP contribution < -0.4 is 4.31 Å². The van der Waals surface area contributed by atoms with E-state index < -0.39 is 0 Å². The number of nitrogens with zero attached hydrogens (tertiary/aromatic N) is 2. The van der Waals surface area contributed by atoms with Gasteiger partial charge in [-0.05, 0) is 30.2 Å². The molecule has 0 radical (unpaired) electrons. The van der Waals surface area contributed by atoms with Gasteiger partial charge in [0.15, 0.2) is 0 Å². The Labute approximate surface area is 137 Å². The first kappa shape index (κ1) is 14.9. The number of rotatable bonds is 4. The average Bonchev–Trinajstić information content (AvgIpc) is 2.52. The van der Waals surface area contributed by atoms with Gasteiger partial charge in [0, 0.05) is 30.6 Å². The van der Waals surface area contributed by atoms with Crippen LogP contribution in [0.4, 0.5) is 15.8 Å². The molecule has 1 aliphatic heterocycles. The summed E-state index contributed by atoms with van der Waals surface area (Å²) >= 11 is 5.06. The van der Waals surface area contributed by atoms with E-state index in [4.69, 9.17) is 0 Å². The van der Waals surface area contributed by atoms with Crippen molar-refractivity contribution in [3.05, 3.63) is 59.9 Å². The molecule has 0 atom stereocenters. The van der Waals surface area contributed by atoms with Crippen molar-refractivity contribution in [2.24, 2.45) is 0 Å². The third-order valence-electron chi connectivity index (χ3n) is 3.37. The van der Waals surface area contributed by atoms with E-state index >= 15 is 0 Å². The number of fused-ring (bicyclic) bond motifs is 1. The van der Waals surface area contributed by atoms with Gasteiger partial charge in [-0.15, -0.1) is 0 Å². The molecule has 5 heteroatoms. The first-order chi connectivity index (χ1) is 10.3. The van der Waals surface area contributed by atoms with Crippen molar-refractivity contribution in [1.29, 1.82) is 0 Å². The van der Waals surface area contributed by atoms with Gasteiger partial charge in [0.2, 0.25) is 0 Å². The van der Waals surface area contributed by atoms with Crippen LogP contribution >= 0.6 is 28.1 Å². The summed E-state index contributed by atoms with van der Waals surface area (Å²) in [7, 11) is 0. The molecule has 0 aromatic heterocycles. The van der Waals surface area contributed by atoms with Crippen LogP contribution in [0.25, 0.3) is 0 Å². The van der Waals surface area contributed by atoms with Gasteiger partial charge in [-0.25, -0.2) is 8.70 Å². The van der Waals surface area contributed by atoms with Crippen molar-refractivity contribution in [3.63, 3.8) is 0 Å². The molecular weight excluding hydrogens is 351 g/mol. The van der Waals surface area contributed by atoms with E-state index in [1.54, 1.807) is 18.2 Å². The Hall–Kier alpha value is -1.04. The van der Waals surface area contributed by atoms with E-state index in [0.717, 1.165) is 30.5 Å². The molecule has 0 aliphatic carbocycles. The number of hydrogen-bond acceptors (Lipinski definition) is 3. The Kier molecular flexibility index (Phi) is 4.83. The largest absolute Gasteiger partial charge is 0.268 e. The Balaban J connectivity index is 1.96. The highest BCUT2D eigenvalue weighted by Crippen LogP contribution is 2.42. The second-order valence-corrected chi connectivity index (χ2v) is 6.70. The van der Waals surface area contributed by atoms with Crippen LogP contribution in [0.15, 0.2) is 48.5 Å². The smallest absolute Gasteiger partial charge is 0.147 e. The number of hydrogen-bond donors (Lipinski definition) is 0. The van der Waals surface area contributed by atoms with Crippen LogP contribution in [0.3, 0.4) is 0 Å². The Bertz CT molecular complexity index is 623. The zero-order valence-corrected chi connectivity index (χ0v) is 13.9. The van der Waals surface area contributed by atoms with Crippen LogP contribution in [0.1, 0.15) is 12.0 Å². The molecule has 110 valence electrons. The molecular formula is C16H16BrFN2S. The number of halogens is 2. The van der Waals surface area contributed by atoms with Crippen LogP contribution in [0.5, 0.6) is 0 Å². The fourth-order valence-electron chi connectivity index (χ4n) is 2.37. The van der Waals surface area contributed by atoms with Crippen molar-refractivity contribution in [3.8, 4) is 0 Å². The van der Waals surface area contributed by atoms with Gasteiger partial charge in [-0.2, -0.15) is 0 Å². The summed E-state index contributed by atoms with van der Waals surface area (Å²) in [6.07, 6.45) is 1.07. The molecule has 1 aliphatic rings.